The molecule has 0 spiro atoms. The average Bonchev–Trinajstić information content (AvgIpc) is 2.71. The molecule has 4 heteroatoms. The molecule has 0 aromatic heterocycles. The quantitative estimate of drug-likeness (QED) is 0.898. The molecule has 4 nitrogen and oxygen atoms in total. The van der Waals surface area contributed by atoms with Gasteiger partial charge in [-0.25, -0.2) is 0 Å². The van der Waals surface area contributed by atoms with Gasteiger partial charge in [0.25, 0.3) is 0 Å². The molecule has 3 atom stereocenters. The second kappa shape index (κ2) is 6.62. The van der Waals surface area contributed by atoms with E-state index in [0.29, 0.717) is 24.3 Å². The van der Waals surface area contributed by atoms with Crippen LogP contribution >= 0.6 is 0 Å². The number of piperidine rings is 1. The van der Waals surface area contributed by atoms with Gasteiger partial charge in [-0.3, -0.25) is 9.69 Å². The molecule has 1 heterocycles. The van der Waals surface area contributed by atoms with Crippen LogP contribution in [-0.4, -0.2) is 41.7 Å². The summed E-state index contributed by atoms with van der Waals surface area (Å²) in [7, 11) is 0. The molecule has 1 aliphatic carbocycles. The number of aliphatic hydroxyl groups excluding tert-OH is 1. The highest BCUT2D eigenvalue weighted by molar-refractivity contribution is 5.94. The Morgan fingerprint density at radius 2 is 1.96 bits per heavy atom. The van der Waals surface area contributed by atoms with Gasteiger partial charge in [0.1, 0.15) is 0 Å². The number of rotatable bonds is 4. The molecule has 3 rings (SSSR count). The Morgan fingerprint density at radius 1 is 1.30 bits per heavy atom. The predicted molar refractivity (Wildman–Crippen MR) is 92.6 cm³/mol. The van der Waals surface area contributed by atoms with Gasteiger partial charge in [-0.1, -0.05) is 32.0 Å². The van der Waals surface area contributed by atoms with Crippen molar-refractivity contribution in [1.29, 1.82) is 0 Å². The molecule has 1 unspecified atom stereocenters. The molecule has 1 saturated carbocycles. The summed E-state index contributed by atoms with van der Waals surface area (Å²) >= 11 is 0. The zero-order chi connectivity index (χ0) is 16.6. The van der Waals surface area contributed by atoms with Gasteiger partial charge in [0.05, 0.1) is 12.6 Å². The number of likely N-dealkylation sites (tertiary alicyclic amines) is 1. The summed E-state index contributed by atoms with van der Waals surface area (Å²) in [6.07, 6.45) is 2.04. The van der Waals surface area contributed by atoms with Crippen molar-refractivity contribution >= 4 is 11.6 Å². The summed E-state index contributed by atoms with van der Waals surface area (Å²) in [5.41, 5.74) is 3.26. The van der Waals surface area contributed by atoms with E-state index in [1.54, 1.807) is 0 Å². The summed E-state index contributed by atoms with van der Waals surface area (Å²) in [5.74, 6) is 1.14. The Balaban J connectivity index is 1.65. The van der Waals surface area contributed by atoms with Gasteiger partial charge in [0.2, 0.25) is 5.91 Å². The lowest BCUT2D eigenvalue weighted by Crippen LogP contribution is -2.47. The summed E-state index contributed by atoms with van der Waals surface area (Å²) in [4.78, 5) is 14.7. The van der Waals surface area contributed by atoms with Crippen LogP contribution in [0.4, 0.5) is 5.69 Å². The van der Waals surface area contributed by atoms with Crippen molar-refractivity contribution < 1.29 is 9.90 Å². The number of nitrogens with zero attached hydrogens (tertiary/aromatic N) is 1. The molecule has 1 aromatic rings. The first-order valence-electron chi connectivity index (χ1n) is 8.75. The van der Waals surface area contributed by atoms with Gasteiger partial charge in [-0.15, -0.1) is 0 Å². The number of para-hydroxylation sites is 1. The Labute approximate surface area is 138 Å². The zero-order valence-electron chi connectivity index (χ0n) is 14.4. The van der Waals surface area contributed by atoms with E-state index >= 15 is 0 Å². The monoisotopic (exact) mass is 316 g/mol. The topological polar surface area (TPSA) is 52.6 Å². The molecule has 2 N–H and O–H groups in total. The molecule has 2 bridgehead atoms. The molecule has 126 valence electrons. The van der Waals surface area contributed by atoms with Gasteiger partial charge in [-0.2, -0.15) is 0 Å². The Hall–Kier alpha value is -1.39. The van der Waals surface area contributed by atoms with E-state index in [9.17, 15) is 9.90 Å². The lowest BCUT2D eigenvalue weighted by molar-refractivity contribution is -0.118. The van der Waals surface area contributed by atoms with Crippen LogP contribution in [0.2, 0.25) is 0 Å². The largest absolute Gasteiger partial charge is 0.392 e. The summed E-state index contributed by atoms with van der Waals surface area (Å²) in [6, 6.07) is 6.17. The Bertz CT molecular complexity index is 571. The molecule has 2 aliphatic rings. The lowest BCUT2D eigenvalue weighted by atomic mass is 9.95. The van der Waals surface area contributed by atoms with Gasteiger partial charge in [0, 0.05) is 18.8 Å². The van der Waals surface area contributed by atoms with Crippen molar-refractivity contribution in [3.05, 3.63) is 29.3 Å². The maximum atomic E-state index is 12.5. The number of nitrogens with one attached hydrogen (secondary N) is 1. The van der Waals surface area contributed by atoms with E-state index < -0.39 is 0 Å². The minimum Gasteiger partial charge on any atom is -0.392 e. The number of hydrogen-bond acceptors (Lipinski definition) is 3. The maximum Gasteiger partial charge on any atom is 0.238 e. The van der Waals surface area contributed by atoms with Crippen molar-refractivity contribution in [2.75, 3.05) is 25.0 Å². The highest BCUT2D eigenvalue weighted by Gasteiger charge is 2.41. The number of carbonyl (C=O) groups is 1. The number of fused-ring (bicyclic) bond motifs is 2. The Morgan fingerprint density at radius 3 is 2.57 bits per heavy atom. The standard InChI is InChI=1S/C19H28N2O2/c1-12(2)16-6-4-5-13(3)18(16)20-17(22)11-21-9-14-7-8-15(10-21)19(14)23/h4-6,12,14-15,19,23H,7-11H2,1-3H3,(H,20,22)/t14-,15+,19?. The second-order valence-electron chi connectivity index (χ2n) is 7.52. The molecule has 1 aromatic carbocycles. The smallest absolute Gasteiger partial charge is 0.238 e. The Kier molecular flexibility index (Phi) is 4.74. The number of amides is 1. The van der Waals surface area contributed by atoms with Crippen LogP contribution in [0.3, 0.4) is 0 Å². The minimum absolute atomic E-state index is 0.0528. The average molecular weight is 316 g/mol. The number of benzene rings is 1. The van der Waals surface area contributed by atoms with Crippen molar-refractivity contribution in [1.82, 2.24) is 4.90 Å². The van der Waals surface area contributed by atoms with Crippen LogP contribution in [0.25, 0.3) is 0 Å². The summed E-state index contributed by atoms with van der Waals surface area (Å²) < 4.78 is 0. The fourth-order valence-electron chi connectivity index (χ4n) is 4.14. The molecule has 1 aliphatic heterocycles. The third-order valence-corrected chi connectivity index (χ3v) is 5.42. The summed E-state index contributed by atoms with van der Waals surface area (Å²) in [6.45, 7) is 8.44. The molecular formula is C19H28N2O2. The van der Waals surface area contributed by atoms with E-state index in [1.807, 2.05) is 19.1 Å². The van der Waals surface area contributed by atoms with E-state index in [1.165, 1.54) is 5.56 Å². The first-order chi connectivity index (χ1) is 11.0. The van der Waals surface area contributed by atoms with Crippen molar-refractivity contribution in [3.8, 4) is 0 Å². The fourth-order valence-corrected chi connectivity index (χ4v) is 4.14. The van der Waals surface area contributed by atoms with Crippen LogP contribution in [0, 0.1) is 18.8 Å². The lowest BCUT2D eigenvalue weighted by Gasteiger charge is -2.35. The van der Waals surface area contributed by atoms with E-state index in [-0.39, 0.29) is 12.0 Å². The van der Waals surface area contributed by atoms with Crippen LogP contribution in [0.5, 0.6) is 0 Å². The maximum absolute atomic E-state index is 12.5. The predicted octanol–water partition coefficient (Wildman–Crippen LogP) is 2.76. The fraction of sp³-hybridized carbons (Fsp3) is 0.632. The third kappa shape index (κ3) is 3.43. The van der Waals surface area contributed by atoms with Crippen LogP contribution in [0.1, 0.15) is 43.7 Å². The van der Waals surface area contributed by atoms with E-state index in [4.69, 9.17) is 0 Å². The van der Waals surface area contributed by atoms with Crippen LogP contribution < -0.4 is 5.32 Å². The highest BCUT2D eigenvalue weighted by Crippen LogP contribution is 2.36. The zero-order valence-corrected chi connectivity index (χ0v) is 14.4. The normalized spacial score (nSPS) is 27.4. The second-order valence-corrected chi connectivity index (χ2v) is 7.52. The molecule has 2 fully saturated rings. The first-order valence-corrected chi connectivity index (χ1v) is 8.75. The van der Waals surface area contributed by atoms with Gasteiger partial charge in [-0.05, 0) is 48.6 Å². The van der Waals surface area contributed by atoms with Crippen molar-refractivity contribution in [2.45, 2.75) is 45.6 Å². The number of hydrogen-bond donors (Lipinski definition) is 2. The third-order valence-electron chi connectivity index (χ3n) is 5.42. The number of aryl methyl sites for hydroxylation is 1. The SMILES string of the molecule is Cc1cccc(C(C)C)c1NC(=O)CN1C[C@H]2CC[C@@H](C1)C2O. The van der Waals surface area contributed by atoms with Crippen molar-refractivity contribution in [3.63, 3.8) is 0 Å². The van der Waals surface area contributed by atoms with E-state index in [0.717, 1.165) is 37.2 Å². The van der Waals surface area contributed by atoms with Gasteiger partial charge in [0.15, 0.2) is 0 Å². The molecule has 1 amide bonds. The number of anilines is 1. The van der Waals surface area contributed by atoms with E-state index in [2.05, 4.69) is 30.1 Å². The van der Waals surface area contributed by atoms with Gasteiger partial charge >= 0.3 is 0 Å². The first kappa shape index (κ1) is 16.5. The molecular weight excluding hydrogens is 288 g/mol. The molecule has 23 heavy (non-hydrogen) atoms. The van der Waals surface area contributed by atoms with Crippen LogP contribution in [0.15, 0.2) is 18.2 Å². The van der Waals surface area contributed by atoms with Crippen molar-refractivity contribution in [2.24, 2.45) is 11.8 Å². The highest BCUT2D eigenvalue weighted by atomic mass is 16.3. The number of aliphatic hydroxyl groups is 1. The van der Waals surface area contributed by atoms with Crippen LogP contribution in [-0.2, 0) is 4.79 Å². The number of carbonyl (C=O) groups excluding carboxylic acids is 1. The molecule has 0 radical (unpaired) electrons. The molecule has 1 saturated heterocycles. The van der Waals surface area contributed by atoms with Gasteiger partial charge < -0.3 is 10.4 Å². The minimum atomic E-state index is -0.154. The summed E-state index contributed by atoms with van der Waals surface area (Å²) in [5, 5.41) is 13.2.